The van der Waals surface area contributed by atoms with Gasteiger partial charge in [-0.15, -0.1) is 11.8 Å². The third-order valence-electron chi connectivity index (χ3n) is 6.76. The summed E-state index contributed by atoms with van der Waals surface area (Å²) < 4.78 is 0. The first-order valence-electron chi connectivity index (χ1n) is 11.5. The van der Waals surface area contributed by atoms with Crippen LogP contribution in [0.15, 0.2) is 65.6 Å². The van der Waals surface area contributed by atoms with Crippen LogP contribution in [-0.4, -0.2) is 54.2 Å². The molecule has 5 nitrogen and oxygen atoms in total. The SMILES string of the molecule is O=C1NC2CC(C(=O)N3CCN(c4ccccc4)CC3)CCC2S/C1=C\c1ccccc1. The van der Waals surface area contributed by atoms with E-state index in [1.165, 1.54) is 5.69 Å². The number of para-hydroxylation sites is 1. The average molecular weight is 448 g/mol. The molecule has 0 spiro atoms. The van der Waals surface area contributed by atoms with Gasteiger partial charge >= 0.3 is 0 Å². The molecule has 3 aliphatic rings. The Hall–Kier alpha value is -2.73. The van der Waals surface area contributed by atoms with Crippen molar-refractivity contribution in [1.29, 1.82) is 0 Å². The molecular formula is C26H29N3O2S. The topological polar surface area (TPSA) is 52.7 Å². The summed E-state index contributed by atoms with van der Waals surface area (Å²) in [6.07, 6.45) is 4.59. The van der Waals surface area contributed by atoms with E-state index < -0.39 is 0 Å². The molecule has 2 aromatic carbocycles. The van der Waals surface area contributed by atoms with Gasteiger partial charge in [-0.3, -0.25) is 9.59 Å². The van der Waals surface area contributed by atoms with Gasteiger partial charge < -0.3 is 15.1 Å². The third kappa shape index (κ3) is 4.56. The number of amides is 2. The number of hydrogen-bond acceptors (Lipinski definition) is 4. The van der Waals surface area contributed by atoms with Crippen LogP contribution in [0.4, 0.5) is 5.69 Å². The molecule has 2 saturated heterocycles. The molecule has 2 amide bonds. The van der Waals surface area contributed by atoms with Crippen LogP contribution in [-0.2, 0) is 9.59 Å². The number of thioether (sulfide) groups is 1. The molecule has 0 bridgehead atoms. The highest BCUT2D eigenvalue weighted by Gasteiger charge is 2.40. The first-order chi connectivity index (χ1) is 15.7. The van der Waals surface area contributed by atoms with Gasteiger partial charge in [-0.2, -0.15) is 0 Å². The Balaban J connectivity index is 1.17. The maximum atomic E-state index is 13.2. The Kier molecular flexibility index (Phi) is 6.21. The second-order valence-electron chi connectivity index (χ2n) is 8.81. The van der Waals surface area contributed by atoms with Crippen molar-refractivity contribution in [2.75, 3.05) is 31.1 Å². The second-order valence-corrected chi connectivity index (χ2v) is 10.1. The molecule has 6 heteroatoms. The van der Waals surface area contributed by atoms with E-state index in [-0.39, 0.29) is 23.8 Å². The number of benzene rings is 2. The molecule has 5 rings (SSSR count). The Labute approximate surface area is 193 Å². The van der Waals surface area contributed by atoms with Crippen LogP contribution in [0.3, 0.4) is 0 Å². The van der Waals surface area contributed by atoms with Crippen molar-refractivity contribution < 1.29 is 9.59 Å². The largest absolute Gasteiger partial charge is 0.368 e. The van der Waals surface area contributed by atoms with Crippen molar-refractivity contribution in [1.82, 2.24) is 10.2 Å². The number of fused-ring (bicyclic) bond motifs is 1. The van der Waals surface area contributed by atoms with E-state index in [4.69, 9.17) is 0 Å². The van der Waals surface area contributed by atoms with Crippen LogP contribution in [0.5, 0.6) is 0 Å². The normalized spacial score (nSPS) is 27.1. The maximum absolute atomic E-state index is 13.2. The quantitative estimate of drug-likeness (QED) is 0.728. The summed E-state index contributed by atoms with van der Waals surface area (Å²) in [5.74, 6) is 0.269. The fourth-order valence-corrected chi connectivity index (χ4v) is 6.29. The van der Waals surface area contributed by atoms with Gasteiger partial charge in [0.05, 0.1) is 4.91 Å². The lowest BCUT2D eigenvalue weighted by atomic mass is 9.84. The number of carbonyl (C=O) groups excluding carboxylic acids is 2. The first-order valence-corrected chi connectivity index (χ1v) is 12.4. The summed E-state index contributed by atoms with van der Waals surface area (Å²) in [6, 6.07) is 20.5. The molecule has 1 aliphatic carbocycles. The van der Waals surface area contributed by atoms with E-state index >= 15 is 0 Å². The molecule has 2 aliphatic heterocycles. The predicted octanol–water partition coefficient (Wildman–Crippen LogP) is 3.78. The number of carbonyl (C=O) groups is 2. The monoisotopic (exact) mass is 447 g/mol. The van der Waals surface area contributed by atoms with Crippen LogP contribution >= 0.6 is 11.8 Å². The van der Waals surface area contributed by atoms with Crippen LogP contribution in [0.1, 0.15) is 24.8 Å². The summed E-state index contributed by atoms with van der Waals surface area (Å²) in [6.45, 7) is 3.27. The zero-order valence-corrected chi connectivity index (χ0v) is 19.0. The number of rotatable bonds is 3. The van der Waals surface area contributed by atoms with E-state index in [0.717, 1.165) is 55.9 Å². The zero-order valence-electron chi connectivity index (χ0n) is 18.2. The molecule has 2 heterocycles. The number of nitrogens with one attached hydrogen (secondary N) is 1. The molecule has 3 fully saturated rings. The third-order valence-corrected chi connectivity index (χ3v) is 8.19. The van der Waals surface area contributed by atoms with Crippen LogP contribution in [0.2, 0.25) is 0 Å². The molecule has 3 atom stereocenters. The highest BCUT2D eigenvalue weighted by molar-refractivity contribution is 8.04. The minimum atomic E-state index is -0.00956. The summed E-state index contributed by atoms with van der Waals surface area (Å²) in [5.41, 5.74) is 2.27. The summed E-state index contributed by atoms with van der Waals surface area (Å²) in [7, 11) is 0. The maximum Gasteiger partial charge on any atom is 0.257 e. The van der Waals surface area contributed by atoms with E-state index in [1.54, 1.807) is 11.8 Å². The van der Waals surface area contributed by atoms with Gasteiger partial charge in [-0.1, -0.05) is 48.5 Å². The lowest BCUT2D eigenvalue weighted by Gasteiger charge is -2.42. The standard InChI is InChI=1S/C26H29N3O2S/c30-25-24(17-19-7-3-1-4-8-19)32-23-12-11-20(18-22(23)27-25)26(31)29-15-13-28(14-16-29)21-9-5-2-6-10-21/h1-10,17,20,22-23H,11-16,18H2,(H,27,30)/b24-17-. The Morgan fingerprint density at radius 1 is 0.938 bits per heavy atom. The van der Waals surface area contributed by atoms with Crippen LogP contribution in [0.25, 0.3) is 6.08 Å². The first kappa shape index (κ1) is 21.1. The summed E-state index contributed by atoms with van der Waals surface area (Å²) >= 11 is 1.68. The van der Waals surface area contributed by atoms with Crippen molar-refractivity contribution in [2.24, 2.45) is 5.92 Å². The van der Waals surface area contributed by atoms with E-state index in [9.17, 15) is 9.59 Å². The Morgan fingerprint density at radius 2 is 1.62 bits per heavy atom. The average Bonchev–Trinajstić information content (AvgIpc) is 2.85. The van der Waals surface area contributed by atoms with Crippen LogP contribution < -0.4 is 10.2 Å². The van der Waals surface area contributed by atoms with Gasteiger partial charge in [0.25, 0.3) is 5.91 Å². The summed E-state index contributed by atoms with van der Waals surface area (Å²) in [4.78, 5) is 31.1. The van der Waals surface area contributed by atoms with Gasteiger partial charge in [0.2, 0.25) is 5.91 Å². The molecular weight excluding hydrogens is 418 g/mol. The Bertz CT molecular complexity index is 987. The molecule has 3 unspecified atom stereocenters. The molecule has 1 N–H and O–H groups in total. The van der Waals surface area contributed by atoms with Crippen molar-refractivity contribution in [3.05, 3.63) is 71.1 Å². The smallest absolute Gasteiger partial charge is 0.257 e. The van der Waals surface area contributed by atoms with Gasteiger partial charge in [0.15, 0.2) is 0 Å². The Morgan fingerprint density at radius 3 is 2.34 bits per heavy atom. The molecule has 166 valence electrons. The van der Waals surface area contributed by atoms with Gasteiger partial charge in [0.1, 0.15) is 0 Å². The summed E-state index contributed by atoms with van der Waals surface area (Å²) in [5, 5.41) is 3.55. The number of nitrogens with zero attached hydrogens (tertiary/aromatic N) is 2. The molecule has 0 aromatic heterocycles. The highest BCUT2D eigenvalue weighted by Crippen LogP contribution is 2.40. The van der Waals surface area contributed by atoms with Crippen molar-refractivity contribution >= 4 is 35.3 Å². The minimum absolute atomic E-state index is 0.00956. The van der Waals surface area contributed by atoms with Crippen molar-refractivity contribution in [3.8, 4) is 0 Å². The fourth-order valence-electron chi connectivity index (χ4n) is 5.00. The van der Waals surface area contributed by atoms with Crippen molar-refractivity contribution in [2.45, 2.75) is 30.6 Å². The molecule has 0 radical (unpaired) electrons. The lowest BCUT2D eigenvalue weighted by molar-refractivity contribution is -0.137. The van der Waals surface area contributed by atoms with Gasteiger partial charge in [0, 0.05) is 49.1 Å². The van der Waals surface area contributed by atoms with E-state index in [0.29, 0.717) is 5.25 Å². The lowest BCUT2D eigenvalue weighted by Crippen LogP contribution is -2.54. The second kappa shape index (κ2) is 9.41. The number of piperazine rings is 1. The molecule has 32 heavy (non-hydrogen) atoms. The van der Waals surface area contributed by atoms with E-state index in [1.807, 2.05) is 47.4 Å². The fraction of sp³-hybridized carbons (Fsp3) is 0.385. The van der Waals surface area contributed by atoms with E-state index in [2.05, 4.69) is 34.5 Å². The highest BCUT2D eigenvalue weighted by atomic mass is 32.2. The predicted molar refractivity (Wildman–Crippen MR) is 130 cm³/mol. The number of anilines is 1. The zero-order chi connectivity index (χ0) is 21.9. The molecule has 2 aromatic rings. The van der Waals surface area contributed by atoms with Crippen LogP contribution in [0, 0.1) is 5.92 Å². The molecule has 1 saturated carbocycles. The number of hydrogen-bond donors (Lipinski definition) is 1. The van der Waals surface area contributed by atoms with Gasteiger partial charge in [-0.25, -0.2) is 0 Å². The van der Waals surface area contributed by atoms with Crippen molar-refractivity contribution in [3.63, 3.8) is 0 Å². The minimum Gasteiger partial charge on any atom is -0.368 e. The van der Waals surface area contributed by atoms with Gasteiger partial charge in [-0.05, 0) is 43.0 Å².